The summed E-state index contributed by atoms with van der Waals surface area (Å²) in [5, 5.41) is 2.78. The fraction of sp³-hybridized carbons (Fsp3) is 0.545. The summed E-state index contributed by atoms with van der Waals surface area (Å²) < 4.78 is 25.7. The lowest BCUT2D eigenvalue weighted by atomic mass is 9.98. The zero-order chi connectivity index (χ0) is 22.7. The molecule has 3 aliphatic rings. The fourth-order valence-electron chi connectivity index (χ4n) is 4.93. The van der Waals surface area contributed by atoms with Crippen LogP contribution in [0.1, 0.15) is 55.6 Å². The van der Waals surface area contributed by atoms with Crippen LogP contribution in [0, 0.1) is 6.92 Å². The minimum absolute atomic E-state index is 0.0264. The SMILES string of the molecule is CC(=O)Nc1cc2c(cn1)C1(CC1)CN2c1cc(C)nc(C2CCCN(S(C)(=O)=O)C2)n1. The molecular formula is C22H28N6O3S. The molecular weight excluding hydrogens is 428 g/mol. The number of carbonyl (C=O) groups is 1. The van der Waals surface area contributed by atoms with Crippen LogP contribution in [0.5, 0.6) is 0 Å². The Balaban J connectivity index is 1.50. The topological polar surface area (TPSA) is 108 Å². The van der Waals surface area contributed by atoms with E-state index in [-0.39, 0.29) is 17.2 Å². The quantitative estimate of drug-likeness (QED) is 0.753. The molecule has 1 atom stereocenters. The summed E-state index contributed by atoms with van der Waals surface area (Å²) in [7, 11) is -3.24. The van der Waals surface area contributed by atoms with Crippen LogP contribution in [-0.2, 0) is 20.2 Å². The third-order valence-corrected chi connectivity index (χ3v) is 7.99. The molecule has 5 rings (SSSR count). The molecule has 2 aliphatic heterocycles. The van der Waals surface area contributed by atoms with Crippen LogP contribution in [0.25, 0.3) is 0 Å². The highest BCUT2D eigenvalue weighted by atomic mass is 32.2. The molecule has 1 spiro atoms. The second kappa shape index (κ2) is 7.48. The predicted molar refractivity (Wildman–Crippen MR) is 122 cm³/mol. The number of piperidine rings is 1. The van der Waals surface area contributed by atoms with Crippen molar-refractivity contribution < 1.29 is 13.2 Å². The van der Waals surface area contributed by atoms with Crippen molar-refractivity contribution in [3.8, 4) is 0 Å². The number of anilines is 3. The van der Waals surface area contributed by atoms with Gasteiger partial charge >= 0.3 is 0 Å². The third kappa shape index (κ3) is 3.86. The first-order valence-electron chi connectivity index (χ1n) is 11.0. The highest BCUT2D eigenvalue weighted by molar-refractivity contribution is 7.88. The summed E-state index contributed by atoms with van der Waals surface area (Å²) in [6.45, 7) is 5.21. The van der Waals surface area contributed by atoms with Crippen LogP contribution in [0.15, 0.2) is 18.3 Å². The van der Waals surface area contributed by atoms with E-state index in [1.165, 1.54) is 23.0 Å². The molecule has 170 valence electrons. The van der Waals surface area contributed by atoms with Crippen molar-refractivity contribution in [3.05, 3.63) is 35.4 Å². The van der Waals surface area contributed by atoms with Gasteiger partial charge in [0.25, 0.3) is 0 Å². The summed E-state index contributed by atoms with van der Waals surface area (Å²) in [4.78, 5) is 27.8. The molecule has 1 saturated carbocycles. The van der Waals surface area contributed by atoms with Crippen LogP contribution in [0.3, 0.4) is 0 Å². The highest BCUT2D eigenvalue weighted by Gasteiger charge is 2.52. The van der Waals surface area contributed by atoms with E-state index in [1.54, 1.807) is 0 Å². The zero-order valence-electron chi connectivity index (χ0n) is 18.6. The van der Waals surface area contributed by atoms with E-state index in [1.807, 2.05) is 25.3 Å². The standard InChI is InChI=1S/C22H28N6O3S/c1-14-9-20(26-21(24-14)16-5-4-8-27(12-16)32(3,30)31)28-13-22(6-7-22)17-11-23-19(10-18(17)28)25-15(2)29/h9-11,16H,4-8,12-13H2,1-3H3,(H,23,25,29). The number of aryl methyl sites for hydroxylation is 1. The van der Waals surface area contributed by atoms with E-state index in [0.29, 0.717) is 24.7 Å². The van der Waals surface area contributed by atoms with Crippen LogP contribution in [0.2, 0.25) is 0 Å². The molecule has 2 aromatic rings. The summed E-state index contributed by atoms with van der Waals surface area (Å²) in [5.41, 5.74) is 3.18. The summed E-state index contributed by atoms with van der Waals surface area (Å²) in [6.07, 6.45) is 7.03. The van der Waals surface area contributed by atoms with Crippen LogP contribution in [-0.4, -0.2) is 59.5 Å². The number of nitrogens with one attached hydrogen (secondary N) is 1. The van der Waals surface area contributed by atoms with Crippen molar-refractivity contribution in [2.75, 3.05) is 36.1 Å². The highest BCUT2D eigenvalue weighted by Crippen LogP contribution is 2.58. The Hall–Kier alpha value is -2.59. The molecule has 4 heterocycles. The molecule has 10 heteroatoms. The number of amides is 1. The van der Waals surface area contributed by atoms with Crippen molar-refractivity contribution in [1.82, 2.24) is 19.3 Å². The number of pyridine rings is 1. The first kappa shape index (κ1) is 21.3. The van der Waals surface area contributed by atoms with Gasteiger partial charge in [-0.1, -0.05) is 0 Å². The molecule has 1 N–H and O–H groups in total. The second-order valence-corrected chi connectivity index (χ2v) is 11.3. The molecule has 1 aliphatic carbocycles. The lowest BCUT2D eigenvalue weighted by molar-refractivity contribution is -0.114. The average Bonchev–Trinajstić information content (AvgIpc) is 3.43. The first-order chi connectivity index (χ1) is 15.1. The van der Waals surface area contributed by atoms with Gasteiger partial charge in [-0.25, -0.2) is 27.7 Å². The molecule has 2 aromatic heterocycles. The minimum Gasteiger partial charge on any atom is -0.325 e. The molecule has 1 unspecified atom stereocenters. The summed E-state index contributed by atoms with van der Waals surface area (Å²) in [6, 6.07) is 3.90. The number of hydrogen-bond acceptors (Lipinski definition) is 7. The Labute approximate surface area is 188 Å². The predicted octanol–water partition coefficient (Wildman–Crippen LogP) is 2.46. The largest absolute Gasteiger partial charge is 0.325 e. The Morgan fingerprint density at radius 1 is 1.25 bits per heavy atom. The van der Waals surface area contributed by atoms with Gasteiger partial charge in [0.15, 0.2) is 0 Å². The van der Waals surface area contributed by atoms with Crippen molar-refractivity contribution in [2.45, 2.75) is 50.9 Å². The molecule has 0 aromatic carbocycles. The number of hydrogen-bond donors (Lipinski definition) is 1. The molecule has 2 fully saturated rings. The van der Waals surface area contributed by atoms with Crippen LogP contribution in [0.4, 0.5) is 17.3 Å². The first-order valence-corrected chi connectivity index (χ1v) is 12.9. The van der Waals surface area contributed by atoms with Gasteiger partial charge in [-0.2, -0.15) is 0 Å². The van der Waals surface area contributed by atoms with Crippen LogP contribution >= 0.6 is 0 Å². The second-order valence-electron chi connectivity index (χ2n) is 9.32. The smallest absolute Gasteiger partial charge is 0.222 e. The minimum atomic E-state index is -3.24. The van der Waals surface area contributed by atoms with Gasteiger partial charge in [0.05, 0.1) is 11.9 Å². The Morgan fingerprint density at radius 3 is 2.72 bits per heavy atom. The zero-order valence-corrected chi connectivity index (χ0v) is 19.4. The molecule has 0 radical (unpaired) electrons. The van der Waals surface area contributed by atoms with E-state index >= 15 is 0 Å². The van der Waals surface area contributed by atoms with Gasteiger partial charge in [-0.3, -0.25) is 4.79 Å². The van der Waals surface area contributed by atoms with Gasteiger partial charge in [0.1, 0.15) is 17.5 Å². The normalized spacial score (nSPS) is 22.1. The average molecular weight is 457 g/mol. The van der Waals surface area contributed by atoms with Crippen molar-refractivity contribution in [2.24, 2.45) is 0 Å². The summed E-state index contributed by atoms with van der Waals surface area (Å²) in [5.74, 6) is 1.86. The van der Waals surface area contributed by atoms with Gasteiger partial charge in [0, 0.05) is 67.5 Å². The Morgan fingerprint density at radius 2 is 2.03 bits per heavy atom. The number of aromatic nitrogens is 3. The van der Waals surface area contributed by atoms with E-state index in [9.17, 15) is 13.2 Å². The third-order valence-electron chi connectivity index (χ3n) is 6.72. The maximum atomic E-state index is 12.1. The maximum absolute atomic E-state index is 12.1. The Bertz CT molecular complexity index is 1190. The van der Waals surface area contributed by atoms with E-state index in [4.69, 9.17) is 4.98 Å². The molecule has 1 saturated heterocycles. The molecule has 1 amide bonds. The lowest BCUT2D eigenvalue weighted by Crippen LogP contribution is -2.39. The van der Waals surface area contributed by atoms with E-state index in [0.717, 1.165) is 49.4 Å². The van der Waals surface area contributed by atoms with Crippen molar-refractivity contribution in [1.29, 1.82) is 0 Å². The number of carbonyl (C=O) groups excluding carboxylic acids is 1. The van der Waals surface area contributed by atoms with Crippen molar-refractivity contribution >= 4 is 33.3 Å². The van der Waals surface area contributed by atoms with Crippen molar-refractivity contribution in [3.63, 3.8) is 0 Å². The summed E-state index contributed by atoms with van der Waals surface area (Å²) >= 11 is 0. The maximum Gasteiger partial charge on any atom is 0.222 e. The molecule has 0 bridgehead atoms. The molecule has 32 heavy (non-hydrogen) atoms. The number of nitrogens with zero attached hydrogens (tertiary/aromatic N) is 5. The van der Waals surface area contributed by atoms with Gasteiger partial charge in [-0.15, -0.1) is 0 Å². The van der Waals surface area contributed by atoms with Gasteiger partial charge < -0.3 is 10.2 Å². The van der Waals surface area contributed by atoms with E-state index < -0.39 is 10.0 Å². The molecule has 9 nitrogen and oxygen atoms in total. The number of rotatable bonds is 4. The fourth-order valence-corrected chi connectivity index (χ4v) is 5.84. The number of sulfonamides is 1. The Kier molecular flexibility index (Phi) is 4.97. The monoisotopic (exact) mass is 456 g/mol. The number of fused-ring (bicyclic) bond motifs is 2. The van der Waals surface area contributed by atoms with Gasteiger partial charge in [0.2, 0.25) is 15.9 Å². The lowest BCUT2D eigenvalue weighted by Gasteiger charge is -2.30. The van der Waals surface area contributed by atoms with Crippen LogP contribution < -0.4 is 10.2 Å². The van der Waals surface area contributed by atoms with Gasteiger partial charge in [-0.05, 0) is 32.6 Å². The van der Waals surface area contributed by atoms with E-state index in [2.05, 4.69) is 20.2 Å².